The van der Waals surface area contributed by atoms with Crippen LogP contribution in [0.1, 0.15) is 33.6 Å². The Labute approximate surface area is 97.6 Å². The van der Waals surface area contributed by atoms with Crippen LogP contribution >= 0.6 is 11.8 Å². The summed E-state index contributed by atoms with van der Waals surface area (Å²) in [5.74, 6) is 1.19. The molecule has 0 aromatic carbocycles. The van der Waals surface area contributed by atoms with E-state index in [1.54, 1.807) is 11.8 Å². The second-order valence-electron chi connectivity index (χ2n) is 3.98. The van der Waals surface area contributed by atoms with Gasteiger partial charge in [-0.1, -0.05) is 27.2 Å². The van der Waals surface area contributed by atoms with Crippen molar-refractivity contribution in [2.24, 2.45) is 11.7 Å². The average molecular weight is 232 g/mol. The molecule has 90 valence electrons. The van der Waals surface area contributed by atoms with Crippen LogP contribution in [-0.4, -0.2) is 30.0 Å². The molecule has 0 spiro atoms. The van der Waals surface area contributed by atoms with Crippen LogP contribution in [0.4, 0.5) is 0 Å². The highest BCUT2D eigenvalue weighted by Crippen LogP contribution is 2.07. The number of carbonyl (C=O) groups is 1. The lowest BCUT2D eigenvalue weighted by Gasteiger charge is -2.22. The summed E-state index contributed by atoms with van der Waals surface area (Å²) in [6.45, 7) is 6.15. The molecule has 3 nitrogen and oxygen atoms in total. The summed E-state index contributed by atoms with van der Waals surface area (Å²) in [4.78, 5) is 11.7. The van der Waals surface area contributed by atoms with E-state index in [0.29, 0.717) is 0 Å². The lowest BCUT2D eigenvalue weighted by atomic mass is 9.99. The largest absolute Gasteiger partial charge is 0.351 e. The Morgan fingerprint density at radius 3 is 2.40 bits per heavy atom. The highest BCUT2D eigenvalue weighted by Gasteiger charge is 2.21. The SMILES string of the molecule is CCC(CSC)NC(=O)C(N)C(C)CC. The number of hydrogen-bond acceptors (Lipinski definition) is 3. The molecule has 0 aliphatic rings. The van der Waals surface area contributed by atoms with Gasteiger partial charge >= 0.3 is 0 Å². The van der Waals surface area contributed by atoms with Gasteiger partial charge in [0.25, 0.3) is 0 Å². The Hall–Kier alpha value is -0.220. The Balaban J connectivity index is 4.09. The van der Waals surface area contributed by atoms with Crippen molar-refractivity contribution in [3.63, 3.8) is 0 Å². The zero-order valence-electron chi connectivity index (χ0n) is 10.2. The summed E-state index contributed by atoms with van der Waals surface area (Å²) < 4.78 is 0. The van der Waals surface area contributed by atoms with Crippen molar-refractivity contribution in [2.45, 2.75) is 45.7 Å². The van der Waals surface area contributed by atoms with Gasteiger partial charge in [0.1, 0.15) is 0 Å². The molecule has 0 saturated heterocycles. The zero-order chi connectivity index (χ0) is 11.8. The number of nitrogens with one attached hydrogen (secondary N) is 1. The van der Waals surface area contributed by atoms with Gasteiger partial charge < -0.3 is 11.1 Å². The lowest BCUT2D eigenvalue weighted by molar-refractivity contribution is -0.124. The van der Waals surface area contributed by atoms with Gasteiger partial charge in [-0.3, -0.25) is 4.79 Å². The molecule has 0 saturated carbocycles. The molecule has 0 heterocycles. The van der Waals surface area contributed by atoms with E-state index in [1.807, 2.05) is 13.2 Å². The number of rotatable bonds is 7. The molecule has 4 heteroatoms. The van der Waals surface area contributed by atoms with Gasteiger partial charge in [0.15, 0.2) is 0 Å². The van der Waals surface area contributed by atoms with Crippen LogP contribution in [-0.2, 0) is 4.79 Å². The molecule has 3 atom stereocenters. The molecule has 15 heavy (non-hydrogen) atoms. The van der Waals surface area contributed by atoms with E-state index in [4.69, 9.17) is 5.73 Å². The van der Waals surface area contributed by atoms with E-state index < -0.39 is 0 Å². The fourth-order valence-corrected chi connectivity index (χ4v) is 1.99. The molecule has 1 amide bonds. The molecule has 0 aliphatic heterocycles. The highest BCUT2D eigenvalue weighted by atomic mass is 32.2. The number of thioether (sulfide) groups is 1. The summed E-state index contributed by atoms with van der Waals surface area (Å²) in [7, 11) is 0. The molecule has 0 aromatic rings. The molecule has 0 aromatic heterocycles. The first-order valence-electron chi connectivity index (χ1n) is 5.61. The van der Waals surface area contributed by atoms with E-state index in [2.05, 4.69) is 19.2 Å². The number of amides is 1. The first-order chi connectivity index (χ1) is 7.06. The van der Waals surface area contributed by atoms with Gasteiger partial charge in [-0.05, 0) is 18.6 Å². The standard InChI is InChI=1S/C11H24N2OS/c1-5-8(3)10(12)11(14)13-9(6-2)7-15-4/h8-10H,5-7,12H2,1-4H3,(H,13,14). The number of hydrogen-bond donors (Lipinski definition) is 2. The maximum absolute atomic E-state index is 11.7. The van der Waals surface area contributed by atoms with E-state index in [0.717, 1.165) is 18.6 Å². The molecule has 0 bridgehead atoms. The predicted octanol–water partition coefficient (Wildman–Crippen LogP) is 1.62. The van der Waals surface area contributed by atoms with Gasteiger partial charge in [0, 0.05) is 11.8 Å². The van der Waals surface area contributed by atoms with Crippen molar-refractivity contribution in [1.29, 1.82) is 0 Å². The monoisotopic (exact) mass is 232 g/mol. The van der Waals surface area contributed by atoms with Crippen molar-refractivity contribution in [3.05, 3.63) is 0 Å². The maximum atomic E-state index is 11.7. The van der Waals surface area contributed by atoms with Crippen LogP contribution in [0.15, 0.2) is 0 Å². The lowest BCUT2D eigenvalue weighted by Crippen LogP contribution is -2.48. The molecule has 0 aliphatic carbocycles. The molecule has 3 unspecified atom stereocenters. The van der Waals surface area contributed by atoms with E-state index in [-0.39, 0.29) is 23.9 Å². The third kappa shape index (κ3) is 5.42. The quantitative estimate of drug-likeness (QED) is 0.701. The Kier molecular flexibility index (Phi) is 7.88. The Morgan fingerprint density at radius 2 is 2.00 bits per heavy atom. The van der Waals surface area contributed by atoms with Crippen LogP contribution in [0.25, 0.3) is 0 Å². The summed E-state index contributed by atoms with van der Waals surface area (Å²) in [5.41, 5.74) is 5.85. The molecule has 0 fully saturated rings. The van der Waals surface area contributed by atoms with Crippen LogP contribution in [0.5, 0.6) is 0 Å². The van der Waals surface area contributed by atoms with Crippen molar-refractivity contribution < 1.29 is 4.79 Å². The molecular weight excluding hydrogens is 208 g/mol. The molecule has 0 rings (SSSR count). The van der Waals surface area contributed by atoms with Gasteiger partial charge in [0.05, 0.1) is 6.04 Å². The van der Waals surface area contributed by atoms with Crippen LogP contribution in [0.2, 0.25) is 0 Å². The minimum atomic E-state index is -0.370. The van der Waals surface area contributed by atoms with Crippen molar-refractivity contribution in [2.75, 3.05) is 12.0 Å². The summed E-state index contributed by atoms with van der Waals surface area (Å²) in [6.07, 6.45) is 3.94. The minimum absolute atomic E-state index is 0.00903. The van der Waals surface area contributed by atoms with E-state index >= 15 is 0 Å². The van der Waals surface area contributed by atoms with Gasteiger partial charge in [-0.15, -0.1) is 0 Å². The van der Waals surface area contributed by atoms with Crippen molar-refractivity contribution >= 4 is 17.7 Å². The fourth-order valence-electron chi connectivity index (χ4n) is 1.27. The summed E-state index contributed by atoms with van der Waals surface area (Å²) >= 11 is 1.75. The number of carbonyl (C=O) groups excluding carboxylic acids is 1. The Morgan fingerprint density at radius 1 is 1.40 bits per heavy atom. The Bertz CT molecular complexity index is 187. The van der Waals surface area contributed by atoms with E-state index in [9.17, 15) is 4.79 Å². The number of nitrogens with two attached hydrogens (primary N) is 1. The second-order valence-corrected chi connectivity index (χ2v) is 4.89. The van der Waals surface area contributed by atoms with Crippen molar-refractivity contribution in [1.82, 2.24) is 5.32 Å². The maximum Gasteiger partial charge on any atom is 0.237 e. The second kappa shape index (κ2) is 7.99. The minimum Gasteiger partial charge on any atom is -0.351 e. The van der Waals surface area contributed by atoms with Crippen LogP contribution in [0, 0.1) is 5.92 Å². The fraction of sp³-hybridized carbons (Fsp3) is 0.909. The molecule has 0 radical (unpaired) electrons. The molecule has 3 N–H and O–H groups in total. The van der Waals surface area contributed by atoms with Crippen molar-refractivity contribution in [3.8, 4) is 0 Å². The van der Waals surface area contributed by atoms with Gasteiger partial charge in [0.2, 0.25) is 5.91 Å². The zero-order valence-corrected chi connectivity index (χ0v) is 11.1. The predicted molar refractivity (Wildman–Crippen MR) is 68.0 cm³/mol. The molecular formula is C11H24N2OS. The highest BCUT2D eigenvalue weighted by molar-refractivity contribution is 7.98. The van der Waals surface area contributed by atoms with Crippen LogP contribution in [0.3, 0.4) is 0 Å². The third-order valence-corrected chi connectivity index (χ3v) is 3.50. The first-order valence-corrected chi connectivity index (χ1v) is 7.01. The average Bonchev–Trinajstić information content (AvgIpc) is 2.26. The normalized spacial score (nSPS) is 16.9. The summed E-state index contributed by atoms with van der Waals surface area (Å²) in [5, 5.41) is 3.00. The van der Waals surface area contributed by atoms with Crippen LogP contribution < -0.4 is 11.1 Å². The van der Waals surface area contributed by atoms with Gasteiger partial charge in [-0.2, -0.15) is 11.8 Å². The summed E-state index contributed by atoms with van der Waals surface area (Å²) in [6, 6.07) is -0.117. The van der Waals surface area contributed by atoms with Gasteiger partial charge in [-0.25, -0.2) is 0 Å². The smallest absolute Gasteiger partial charge is 0.237 e. The van der Waals surface area contributed by atoms with E-state index in [1.165, 1.54) is 0 Å². The first kappa shape index (κ1) is 14.8. The topological polar surface area (TPSA) is 55.1 Å². The third-order valence-electron chi connectivity index (χ3n) is 2.77.